The Labute approximate surface area is 109 Å². The molecule has 1 heterocycles. The molecule has 1 unspecified atom stereocenters. The van der Waals surface area contributed by atoms with E-state index < -0.39 is 6.03 Å². The van der Waals surface area contributed by atoms with Crippen LogP contribution in [-0.4, -0.2) is 42.0 Å². The summed E-state index contributed by atoms with van der Waals surface area (Å²) in [6.45, 7) is 7.48. The number of amides is 3. The average Bonchev–Trinajstić information content (AvgIpc) is 2.55. The van der Waals surface area contributed by atoms with Crippen LogP contribution >= 0.6 is 0 Å². The van der Waals surface area contributed by atoms with Gasteiger partial charge < -0.3 is 5.32 Å². The SMILES string of the molecule is CC(C)NC(=O)NC(=O)C(C)N1CCCCCC1. The van der Waals surface area contributed by atoms with E-state index in [0.29, 0.717) is 0 Å². The fourth-order valence-corrected chi connectivity index (χ4v) is 2.16. The number of hydrogen-bond acceptors (Lipinski definition) is 3. The molecule has 0 bridgehead atoms. The molecule has 1 rings (SSSR count). The van der Waals surface area contributed by atoms with Crippen molar-refractivity contribution in [3.8, 4) is 0 Å². The third-order valence-corrected chi connectivity index (χ3v) is 3.22. The van der Waals surface area contributed by atoms with Crippen LogP contribution < -0.4 is 10.6 Å². The summed E-state index contributed by atoms with van der Waals surface area (Å²) in [7, 11) is 0. The minimum atomic E-state index is -0.406. The molecule has 1 aliphatic heterocycles. The van der Waals surface area contributed by atoms with Crippen molar-refractivity contribution >= 4 is 11.9 Å². The molecule has 1 saturated heterocycles. The molecular formula is C13H25N3O2. The number of carbonyl (C=O) groups excluding carboxylic acids is 2. The number of urea groups is 1. The topological polar surface area (TPSA) is 61.4 Å². The van der Waals surface area contributed by atoms with Crippen molar-refractivity contribution < 1.29 is 9.59 Å². The fourth-order valence-electron chi connectivity index (χ4n) is 2.16. The molecule has 104 valence electrons. The number of carbonyl (C=O) groups is 2. The third-order valence-electron chi connectivity index (χ3n) is 3.22. The van der Waals surface area contributed by atoms with Crippen molar-refractivity contribution in [2.75, 3.05) is 13.1 Å². The van der Waals surface area contributed by atoms with Crippen LogP contribution in [0.2, 0.25) is 0 Å². The summed E-state index contributed by atoms with van der Waals surface area (Å²) >= 11 is 0. The van der Waals surface area contributed by atoms with Crippen LogP contribution in [0.3, 0.4) is 0 Å². The second-order valence-corrected chi connectivity index (χ2v) is 5.24. The zero-order valence-corrected chi connectivity index (χ0v) is 11.7. The highest BCUT2D eigenvalue weighted by atomic mass is 16.2. The lowest BCUT2D eigenvalue weighted by molar-refractivity contribution is -0.124. The van der Waals surface area contributed by atoms with Crippen LogP contribution in [-0.2, 0) is 4.79 Å². The van der Waals surface area contributed by atoms with Gasteiger partial charge in [0.1, 0.15) is 0 Å². The van der Waals surface area contributed by atoms with Gasteiger partial charge in [-0.05, 0) is 46.7 Å². The first kappa shape index (κ1) is 15.0. The third kappa shape index (κ3) is 5.04. The molecule has 0 radical (unpaired) electrons. The number of rotatable bonds is 3. The Kier molecular flexibility index (Phi) is 6.12. The summed E-state index contributed by atoms with van der Waals surface area (Å²) in [6.07, 6.45) is 4.74. The van der Waals surface area contributed by atoms with Gasteiger partial charge in [-0.3, -0.25) is 15.0 Å². The fraction of sp³-hybridized carbons (Fsp3) is 0.846. The van der Waals surface area contributed by atoms with Crippen molar-refractivity contribution in [3.63, 3.8) is 0 Å². The highest BCUT2D eigenvalue weighted by Crippen LogP contribution is 2.12. The van der Waals surface area contributed by atoms with Gasteiger partial charge in [0.05, 0.1) is 6.04 Å². The van der Waals surface area contributed by atoms with E-state index in [1.807, 2.05) is 20.8 Å². The van der Waals surface area contributed by atoms with E-state index in [1.54, 1.807) is 0 Å². The predicted molar refractivity (Wildman–Crippen MR) is 71.3 cm³/mol. The van der Waals surface area contributed by atoms with Gasteiger partial charge >= 0.3 is 6.03 Å². The molecule has 5 heteroatoms. The molecule has 0 aliphatic carbocycles. The van der Waals surface area contributed by atoms with Crippen LogP contribution in [0.25, 0.3) is 0 Å². The zero-order chi connectivity index (χ0) is 13.5. The summed E-state index contributed by atoms with van der Waals surface area (Å²) in [5, 5.41) is 5.05. The van der Waals surface area contributed by atoms with Crippen molar-refractivity contribution in [1.82, 2.24) is 15.5 Å². The van der Waals surface area contributed by atoms with E-state index in [4.69, 9.17) is 0 Å². The van der Waals surface area contributed by atoms with Crippen molar-refractivity contribution in [2.45, 2.75) is 58.5 Å². The van der Waals surface area contributed by atoms with Gasteiger partial charge in [-0.25, -0.2) is 4.79 Å². The predicted octanol–water partition coefficient (Wildman–Crippen LogP) is 1.49. The summed E-state index contributed by atoms with van der Waals surface area (Å²) in [5.74, 6) is -0.213. The van der Waals surface area contributed by atoms with Gasteiger partial charge in [0, 0.05) is 6.04 Å². The first-order valence-electron chi connectivity index (χ1n) is 6.86. The molecule has 0 aromatic heterocycles. The van der Waals surface area contributed by atoms with Gasteiger partial charge in [0.2, 0.25) is 5.91 Å². The Balaban J connectivity index is 2.42. The number of hydrogen-bond donors (Lipinski definition) is 2. The summed E-state index contributed by atoms with van der Waals surface area (Å²) in [6, 6.07) is -0.607. The smallest absolute Gasteiger partial charge is 0.321 e. The van der Waals surface area contributed by atoms with Crippen molar-refractivity contribution in [3.05, 3.63) is 0 Å². The van der Waals surface area contributed by atoms with Gasteiger partial charge in [0.15, 0.2) is 0 Å². The van der Waals surface area contributed by atoms with Crippen LogP contribution in [0.1, 0.15) is 46.5 Å². The minimum Gasteiger partial charge on any atom is -0.336 e. The van der Waals surface area contributed by atoms with Crippen molar-refractivity contribution in [1.29, 1.82) is 0 Å². The monoisotopic (exact) mass is 255 g/mol. The first-order valence-corrected chi connectivity index (χ1v) is 6.86. The lowest BCUT2D eigenvalue weighted by atomic mass is 10.2. The standard InChI is InChI=1S/C13H25N3O2/c1-10(2)14-13(18)15-12(17)11(3)16-8-6-4-5-7-9-16/h10-11H,4-9H2,1-3H3,(H2,14,15,17,18). The van der Waals surface area contributed by atoms with Gasteiger partial charge in [-0.15, -0.1) is 0 Å². The average molecular weight is 255 g/mol. The van der Waals surface area contributed by atoms with Crippen LogP contribution in [0.15, 0.2) is 0 Å². The maximum absolute atomic E-state index is 11.9. The van der Waals surface area contributed by atoms with Crippen LogP contribution in [0.4, 0.5) is 4.79 Å². The van der Waals surface area contributed by atoms with Crippen LogP contribution in [0.5, 0.6) is 0 Å². The Hall–Kier alpha value is -1.10. The van der Waals surface area contributed by atoms with E-state index in [-0.39, 0.29) is 18.0 Å². The summed E-state index contributed by atoms with van der Waals surface area (Å²) in [4.78, 5) is 25.5. The number of imide groups is 1. The van der Waals surface area contributed by atoms with Crippen LogP contribution in [0, 0.1) is 0 Å². The van der Waals surface area contributed by atoms with Gasteiger partial charge in [0.25, 0.3) is 0 Å². The van der Waals surface area contributed by atoms with E-state index in [1.165, 1.54) is 12.8 Å². The zero-order valence-electron chi connectivity index (χ0n) is 11.7. The maximum atomic E-state index is 11.9. The minimum absolute atomic E-state index is 0.0336. The molecule has 18 heavy (non-hydrogen) atoms. The highest BCUT2D eigenvalue weighted by molar-refractivity contribution is 5.96. The molecule has 5 nitrogen and oxygen atoms in total. The lowest BCUT2D eigenvalue weighted by Crippen LogP contribution is -2.50. The number of nitrogens with one attached hydrogen (secondary N) is 2. The van der Waals surface area contributed by atoms with Gasteiger partial charge in [-0.2, -0.15) is 0 Å². The molecule has 0 aromatic carbocycles. The Morgan fingerprint density at radius 1 is 1.00 bits per heavy atom. The number of likely N-dealkylation sites (tertiary alicyclic amines) is 1. The quantitative estimate of drug-likeness (QED) is 0.803. The number of nitrogens with zero attached hydrogens (tertiary/aromatic N) is 1. The Morgan fingerprint density at radius 2 is 1.56 bits per heavy atom. The molecular weight excluding hydrogens is 230 g/mol. The second-order valence-electron chi connectivity index (χ2n) is 5.24. The molecule has 0 spiro atoms. The molecule has 0 aromatic rings. The largest absolute Gasteiger partial charge is 0.336 e. The molecule has 2 N–H and O–H groups in total. The van der Waals surface area contributed by atoms with Gasteiger partial charge in [-0.1, -0.05) is 12.8 Å². The molecule has 1 aliphatic rings. The summed E-state index contributed by atoms with van der Waals surface area (Å²) in [5.41, 5.74) is 0. The van der Waals surface area contributed by atoms with E-state index in [2.05, 4.69) is 15.5 Å². The van der Waals surface area contributed by atoms with Crippen molar-refractivity contribution in [2.24, 2.45) is 0 Å². The molecule has 1 fully saturated rings. The first-order chi connectivity index (χ1) is 8.50. The Bertz CT molecular complexity index is 284. The second kappa shape index (κ2) is 7.36. The highest BCUT2D eigenvalue weighted by Gasteiger charge is 2.23. The lowest BCUT2D eigenvalue weighted by Gasteiger charge is -2.26. The van der Waals surface area contributed by atoms with E-state index >= 15 is 0 Å². The Morgan fingerprint density at radius 3 is 2.06 bits per heavy atom. The normalized spacial score (nSPS) is 19.1. The molecule has 1 atom stereocenters. The molecule has 0 saturated carbocycles. The van der Waals surface area contributed by atoms with E-state index in [0.717, 1.165) is 25.9 Å². The maximum Gasteiger partial charge on any atom is 0.321 e. The molecule has 3 amide bonds. The van der Waals surface area contributed by atoms with E-state index in [9.17, 15) is 9.59 Å². The summed E-state index contributed by atoms with van der Waals surface area (Å²) < 4.78 is 0.